The third-order valence-corrected chi connectivity index (χ3v) is 3.17. The van der Waals surface area contributed by atoms with Crippen molar-refractivity contribution in [2.75, 3.05) is 6.61 Å². The third-order valence-electron chi connectivity index (χ3n) is 3.17. The average molecular weight is 282 g/mol. The Hall–Kier alpha value is -2.02. The van der Waals surface area contributed by atoms with Crippen molar-refractivity contribution in [1.29, 1.82) is 0 Å². The molecular weight excluding hydrogens is 264 g/mol. The van der Waals surface area contributed by atoms with Gasteiger partial charge in [-0.25, -0.2) is 9.59 Å². The van der Waals surface area contributed by atoms with Crippen molar-refractivity contribution in [1.82, 2.24) is 10.2 Å². The van der Waals surface area contributed by atoms with Gasteiger partial charge in [-0.05, 0) is 25.0 Å². The molecule has 3 N–H and O–H groups in total. The summed E-state index contributed by atoms with van der Waals surface area (Å²) < 4.78 is 5.21. The van der Waals surface area contributed by atoms with E-state index in [9.17, 15) is 9.59 Å². The van der Waals surface area contributed by atoms with E-state index in [0.29, 0.717) is 12.3 Å². The largest absolute Gasteiger partial charge is 0.480 e. The van der Waals surface area contributed by atoms with Crippen molar-refractivity contribution >= 4 is 12.0 Å². The van der Waals surface area contributed by atoms with Crippen molar-refractivity contribution in [2.45, 2.75) is 37.9 Å². The molecule has 2 rings (SSSR count). The molecule has 1 heterocycles. The summed E-state index contributed by atoms with van der Waals surface area (Å²) in [5, 5.41) is 20.2. The summed E-state index contributed by atoms with van der Waals surface area (Å²) in [5.74, 6) is -0.498. The number of hydrogen-bond donors (Lipinski definition) is 3. The van der Waals surface area contributed by atoms with Crippen molar-refractivity contribution in [3.8, 4) is 0 Å². The SMILES string of the molecule is O=C(O)[C@@H](CCO)NC(=O)N(Cc1ccco1)C1CC1. The zero-order valence-electron chi connectivity index (χ0n) is 11.0. The third kappa shape index (κ3) is 3.74. The smallest absolute Gasteiger partial charge is 0.326 e. The minimum atomic E-state index is -1.15. The molecule has 1 aliphatic carbocycles. The topological polar surface area (TPSA) is 103 Å². The first-order valence-corrected chi connectivity index (χ1v) is 6.55. The molecule has 7 heteroatoms. The van der Waals surface area contributed by atoms with Crippen molar-refractivity contribution in [3.63, 3.8) is 0 Å². The molecular formula is C13H18N2O5. The van der Waals surface area contributed by atoms with Gasteiger partial charge in [-0.2, -0.15) is 0 Å². The molecule has 0 saturated heterocycles. The molecule has 0 aromatic carbocycles. The molecule has 1 fully saturated rings. The number of rotatable bonds is 7. The van der Waals surface area contributed by atoms with Crippen LogP contribution in [0.15, 0.2) is 22.8 Å². The molecule has 7 nitrogen and oxygen atoms in total. The van der Waals surface area contributed by atoms with Gasteiger partial charge in [-0.15, -0.1) is 0 Å². The Morgan fingerprint density at radius 3 is 2.75 bits per heavy atom. The minimum Gasteiger partial charge on any atom is -0.480 e. The number of carbonyl (C=O) groups is 2. The Bertz CT molecular complexity index is 455. The van der Waals surface area contributed by atoms with E-state index in [2.05, 4.69) is 5.32 Å². The van der Waals surface area contributed by atoms with Crippen LogP contribution in [0, 0.1) is 0 Å². The Labute approximate surface area is 116 Å². The highest BCUT2D eigenvalue weighted by atomic mass is 16.4. The van der Waals surface area contributed by atoms with Crippen molar-refractivity contribution < 1.29 is 24.2 Å². The first-order valence-electron chi connectivity index (χ1n) is 6.55. The molecule has 0 unspecified atom stereocenters. The van der Waals surface area contributed by atoms with Crippen LogP contribution >= 0.6 is 0 Å². The number of aliphatic hydroxyl groups excluding tert-OH is 1. The van der Waals surface area contributed by atoms with E-state index in [-0.39, 0.29) is 19.1 Å². The first kappa shape index (κ1) is 14.4. The molecule has 1 aliphatic rings. The molecule has 0 spiro atoms. The van der Waals surface area contributed by atoms with E-state index >= 15 is 0 Å². The quantitative estimate of drug-likeness (QED) is 0.686. The number of urea groups is 1. The lowest BCUT2D eigenvalue weighted by Gasteiger charge is -2.24. The van der Waals surface area contributed by atoms with E-state index in [0.717, 1.165) is 12.8 Å². The fraction of sp³-hybridized carbons (Fsp3) is 0.538. The van der Waals surface area contributed by atoms with Gasteiger partial charge in [0.25, 0.3) is 0 Å². The summed E-state index contributed by atoms with van der Waals surface area (Å²) in [6.45, 7) is 0.0216. The number of amides is 2. The second-order valence-electron chi connectivity index (χ2n) is 4.79. The second-order valence-corrected chi connectivity index (χ2v) is 4.79. The number of hydrogen-bond acceptors (Lipinski definition) is 4. The number of carboxylic acid groups (broad SMARTS) is 1. The fourth-order valence-corrected chi connectivity index (χ4v) is 1.94. The van der Waals surface area contributed by atoms with Crippen LogP contribution in [-0.4, -0.2) is 45.8 Å². The second kappa shape index (κ2) is 6.42. The van der Waals surface area contributed by atoms with Crippen LogP contribution in [0.2, 0.25) is 0 Å². The summed E-state index contributed by atoms with van der Waals surface area (Å²) in [5.41, 5.74) is 0. The maximum Gasteiger partial charge on any atom is 0.326 e. The van der Waals surface area contributed by atoms with Gasteiger partial charge in [-0.1, -0.05) is 0 Å². The Morgan fingerprint density at radius 2 is 2.25 bits per heavy atom. The van der Waals surface area contributed by atoms with E-state index in [4.69, 9.17) is 14.6 Å². The van der Waals surface area contributed by atoms with E-state index in [1.54, 1.807) is 17.0 Å². The molecule has 0 aliphatic heterocycles. The molecule has 20 heavy (non-hydrogen) atoms. The summed E-state index contributed by atoms with van der Waals surface area (Å²) >= 11 is 0. The molecule has 110 valence electrons. The lowest BCUT2D eigenvalue weighted by atomic mass is 10.2. The average Bonchev–Trinajstić information content (AvgIpc) is 3.12. The molecule has 1 atom stereocenters. The van der Waals surface area contributed by atoms with Crippen LogP contribution in [0.1, 0.15) is 25.0 Å². The van der Waals surface area contributed by atoms with Gasteiger partial charge in [0.2, 0.25) is 0 Å². The molecule has 1 saturated carbocycles. The Kier molecular flexibility index (Phi) is 4.62. The van der Waals surface area contributed by atoms with Gasteiger partial charge in [0.1, 0.15) is 11.8 Å². The van der Waals surface area contributed by atoms with E-state index < -0.39 is 18.0 Å². The van der Waals surface area contributed by atoms with Gasteiger partial charge < -0.3 is 24.8 Å². The van der Waals surface area contributed by atoms with Crippen LogP contribution in [0.4, 0.5) is 4.79 Å². The monoisotopic (exact) mass is 282 g/mol. The van der Waals surface area contributed by atoms with Gasteiger partial charge >= 0.3 is 12.0 Å². The molecule has 1 aromatic heterocycles. The zero-order chi connectivity index (χ0) is 14.5. The number of furan rings is 1. The van der Waals surface area contributed by atoms with Crippen LogP contribution in [0.5, 0.6) is 0 Å². The van der Waals surface area contributed by atoms with Crippen molar-refractivity contribution in [2.24, 2.45) is 0 Å². The summed E-state index contributed by atoms with van der Waals surface area (Å²) in [7, 11) is 0. The summed E-state index contributed by atoms with van der Waals surface area (Å²) in [6.07, 6.45) is 3.34. The Morgan fingerprint density at radius 1 is 1.50 bits per heavy atom. The highest BCUT2D eigenvalue weighted by Crippen LogP contribution is 2.28. The number of carbonyl (C=O) groups excluding carboxylic acids is 1. The number of aliphatic carboxylic acids is 1. The molecule has 2 amide bonds. The molecule has 0 radical (unpaired) electrons. The predicted molar refractivity (Wildman–Crippen MR) is 68.9 cm³/mol. The zero-order valence-corrected chi connectivity index (χ0v) is 11.0. The first-order chi connectivity index (χ1) is 9.61. The van der Waals surface area contributed by atoms with Gasteiger partial charge in [0.15, 0.2) is 0 Å². The van der Waals surface area contributed by atoms with Gasteiger partial charge in [0.05, 0.1) is 12.8 Å². The van der Waals surface area contributed by atoms with Crippen molar-refractivity contribution in [3.05, 3.63) is 24.2 Å². The van der Waals surface area contributed by atoms with E-state index in [1.807, 2.05) is 0 Å². The molecule has 0 bridgehead atoms. The van der Waals surface area contributed by atoms with E-state index in [1.165, 1.54) is 6.26 Å². The lowest BCUT2D eigenvalue weighted by Crippen LogP contribution is -2.48. The van der Waals surface area contributed by atoms with Gasteiger partial charge in [-0.3, -0.25) is 0 Å². The number of aliphatic hydroxyl groups is 1. The number of carboxylic acids is 1. The van der Waals surface area contributed by atoms with Crippen LogP contribution in [0.25, 0.3) is 0 Å². The van der Waals surface area contributed by atoms with Gasteiger partial charge in [0, 0.05) is 19.1 Å². The maximum atomic E-state index is 12.2. The number of nitrogens with zero attached hydrogens (tertiary/aromatic N) is 1. The summed E-state index contributed by atoms with van der Waals surface area (Å²) in [4.78, 5) is 24.7. The fourth-order valence-electron chi connectivity index (χ4n) is 1.94. The maximum absolute atomic E-state index is 12.2. The summed E-state index contributed by atoms with van der Waals surface area (Å²) in [6, 6.07) is 2.12. The Balaban J connectivity index is 1.97. The van der Waals surface area contributed by atoms with Crippen LogP contribution in [-0.2, 0) is 11.3 Å². The minimum absolute atomic E-state index is 0.0136. The highest BCUT2D eigenvalue weighted by Gasteiger charge is 2.34. The lowest BCUT2D eigenvalue weighted by molar-refractivity contribution is -0.139. The van der Waals surface area contributed by atoms with Crippen LogP contribution in [0.3, 0.4) is 0 Å². The predicted octanol–water partition coefficient (Wildman–Crippen LogP) is 0.789. The normalized spacial score (nSPS) is 15.7. The van der Waals surface area contributed by atoms with Crippen LogP contribution < -0.4 is 5.32 Å². The highest BCUT2D eigenvalue weighted by molar-refractivity contribution is 5.82. The number of nitrogens with one attached hydrogen (secondary N) is 1. The standard InChI is InChI=1S/C13H18N2O5/c16-6-5-11(12(17)18)14-13(19)15(9-3-4-9)8-10-2-1-7-20-10/h1-2,7,9,11,16H,3-6,8H2,(H,14,19)(H,17,18)/t11-/m1/s1. The molecule has 1 aromatic rings.